The van der Waals surface area contributed by atoms with Gasteiger partial charge in [-0.05, 0) is 69.0 Å². The minimum absolute atomic E-state index is 0.0943. The number of nitrogens with zero attached hydrogens (tertiary/aromatic N) is 1. The van der Waals surface area contributed by atoms with E-state index >= 15 is 0 Å². The molecular weight excluding hydrogens is 458 g/mol. The Labute approximate surface area is 204 Å². The van der Waals surface area contributed by atoms with E-state index in [2.05, 4.69) is 0 Å². The van der Waals surface area contributed by atoms with Crippen LogP contribution in [0.1, 0.15) is 53.3 Å². The highest BCUT2D eigenvalue weighted by atomic mass is 35.5. The maximum absolute atomic E-state index is 13.3. The highest BCUT2D eigenvalue weighted by molar-refractivity contribution is 6.31. The number of ketones is 1. The number of ether oxygens (including phenoxy) is 4. The summed E-state index contributed by atoms with van der Waals surface area (Å²) in [7, 11) is 1.60. The lowest BCUT2D eigenvalue weighted by atomic mass is 10.1. The third kappa shape index (κ3) is 5.83. The number of methoxy groups -OCH3 is 1. The zero-order chi connectivity index (χ0) is 24.1. The van der Waals surface area contributed by atoms with Crippen molar-refractivity contribution in [2.45, 2.75) is 44.8 Å². The lowest BCUT2D eigenvalue weighted by Crippen LogP contribution is -2.47. The minimum Gasteiger partial charge on any atom is -0.493 e. The molecule has 4 rings (SSSR count). The molecule has 0 aromatic heterocycles. The second kappa shape index (κ2) is 11.1. The van der Waals surface area contributed by atoms with E-state index in [0.717, 1.165) is 25.7 Å². The predicted octanol–water partition coefficient (Wildman–Crippen LogP) is 4.79. The van der Waals surface area contributed by atoms with Crippen molar-refractivity contribution in [2.24, 2.45) is 0 Å². The number of benzene rings is 2. The molecule has 0 N–H and O–H groups in total. The summed E-state index contributed by atoms with van der Waals surface area (Å²) in [6.07, 6.45) is 4.20. The largest absolute Gasteiger partial charge is 0.493 e. The summed E-state index contributed by atoms with van der Waals surface area (Å²) in [6.45, 7) is 2.95. The lowest BCUT2D eigenvalue weighted by molar-refractivity contribution is -0.0401. The summed E-state index contributed by atoms with van der Waals surface area (Å²) >= 11 is 6.01. The van der Waals surface area contributed by atoms with Crippen LogP contribution < -0.4 is 14.2 Å². The molecule has 8 heteroatoms. The summed E-state index contributed by atoms with van der Waals surface area (Å²) in [4.78, 5) is 26.9. The molecule has 0 radical (unpaired) electrons. The van der Waals surface area contributed by atoms with E-state index in [0.29, 0.717) is 53.1 Å². The molecule has 182 valence electrons. The van der Waals surface area contributed by atoms with Crippen molar-refractivity contribution < 1.29 is 28.5 Å². The smallest absolute Gasteiger partial charge is 0.254 e. The van der Waals surface area contributed by atoms with Gasteiger partial charge in [0.1, 0.15) is 18.5 Å². The van der Waals surface area contributed by atoms with Gasteiger partial charge < -0.3 is 23.8 Å². The molecule has 1 aliphatic carbocycles. The van der Waals surface area contributed by atoms with E-state index in [1.54, 1.807) is 48.4 Å². The van der Waals surface area contributed by atoms with Gasteiger partial charge in [0.25, 0.3) is 5.91 Å². The van der Waals surface area contributed by atoms with Crippen molar-refractivity contribution in [3.8, 4) is 17.2 Å². The maximum Gasteiger partial charge on any atom is 0.254 e. The number of carbonyl (C=O) groups excluding carboxylic acids is 2. The first-order chi connectivity index (χ1) is 16.4. The highest BCUT2D eigenvalue weighted by Gasteiger charge is 2.27. The predicted molar refractivity (Wildman–Crippen MR) is 128 cm³/mol. The zero-order valence-corrected chi connectivity index (χ0v) is 20.3. The lowest BCUT2D eigenvalue weighted by Gasteiger charge is -2.33. The molecule has 2 fully saturated rings. The Morgan fingerprint density at radius 2 is 1.85 bits per heavy atom. The first kappa shape index (κ1) is 24.4. The van der Waals surface area contributed by atoms with Crippen molar-refractivity contribution in [3.05, 3.63) is 52.5 Å². The zero-order valence-electron chi connectivity index (χ0n) is 19.6. The fourth-order valence-electron chi connectivity index (χ4n) is 4.36. The van der Waals surface area contributed by atoms with E-state index in [-0.39, 0.29) is 30.5 Å². The number of rotatable bonds is 8. The third-order valence-corrected chi connectivity index (χ3v) is 6.41. The van der Waals surface area contributed by atoms with Crippen LogP contribution in [-0.2, 0) is 4.74 Å². The van der Waals surface area contributed by atoms with Gasteiger partial charge in [0.2, 0.25) is 0 Å². The van der Waals surface area contributed by atoms with Crippen LogP contribution in [0.2, 0.25) is 5.02 Å². The molecule has 1 heterocycles. The minimum atomic E-state index is -0.319. The second-order valence-corrected chi connectivity index (χ2v) is 9.08. The van der Waals surface area contributed by atoms with E-state index in [1.807, 2.05) is 0 Å². The molecule has 1 saturated carbocycles. The summed E-state index contributed by atoms with van der Waals surface area (Å²) in [6, 6.07) is 10.3. The number of carbonyl (C=O) groups is 2. The molecule has 0 spiro atoms. The molecule has 1 aliphatic heterocycles. The van der Waals surface area contributed by atoms with Crippen LogP contribution in [-0.4, -0.2) is 62.2 Å². The van der Waals surface area contributed by atoms with Crippen molar-refractivity contribution in [2.75, 3.05) is 33.4 Å². The first-order valence-corrected chi connectivity index (χ1v) is 12.0. The van der Waals surface area contributed by atoms with E-state index in [4.69, 9.17) is 30.5 Å². The maximum atomic E-state index is 13.3. The summed E-state index contributed by atoms with van der Waals surface area (Å²) in [5.41, 5.74) is 0.969. The Morgan fingerprint density at radius 3 is 2.59 bits per heavy atom. The molecule has 2 aliphatic rings. The monoisotopic (exact) mass is 487 g/mol. The van der Waals surface area contributed by atoms with Gasteiger partial charge in [0.15, 0.2) is 17.3 Å². The number of Topliss-reactive ketones (excluding diaryl/α,β-unsaturated/α-hetero) is 1. The third-order valence-electron chi connectivity index (χ3n) is 6.18. The quantitative estimate of drug-likeness (QED) is 0.498. The van der Waals surface area contributed by atoms with Crippen LogP contribution in [0.3, 0.4) is 0 Å². The molecule has 1 amide bonds. The van der Waals surface area contributed by atoms with Crippen LogP contribution >= 0.6 is 11.6 Å². The van der Waals surface area contributed by atoms with E-state index in [1.165, 1.54) is 6.92 Å². The van der Waals surface area contributed by atoms with E-state index < -0.39 is 0 Å². The fraction of sp³-hybridized carbons (Fsp3) is 0.462. The van der Waals surface area contributed by atoms with Gasteiger partial charge in [0, 0.05) is 17.1 Å². The number of morpholine rings is 1. The molecule has 34 heavy (non-hydrogen) atoms. The summed E-state index contributed by atoms with van der Waals surface area (Å²) in [5, 5.41) is 0.471. The average Bonchev–Trinajstić information content (AvgIpc) is 3.36. The average molecular weight is 488 g/mol. The fourth-order valence-corrected chi connectivity index (χ4v) is 4.53. The molecular formula is C26H30ClNO6. The van der Waals surface area contributed by atoms with Gasteiger partial charge >= 0.3 is 0 Å². The molecule has 1 atom stereocenters. The van der Waals surface area contributed by atoms with Crippen LogP contribution in [0.4, 0.5) is 0 Å². The molecule has 1 saturated heterocycles. The van der Waals surface area contributed by atoms with Gasteiger partial charge in [0.05, 0.1) is 31.9 Å². The number of halogens is 1. The number of hydrogen-bond donors (Lipinski definition) is 0. The first-order valence-electron chi connectivity index (χ1n) is 11.6. The Bertz CT molecular complexity index is 1040. The van der Waals surface area contributed by atoms with Crippen LogP contribution in [0.25, 0.3) is 0 Å². The van der Waals surface area contributed by atoms with Crippen LogP contribution in [0.5, 0.6) is 17.2 Å². The molecule has 0 bridgehead atoms. The Balaban J connectivity index is 1.41. The van der Waals surface area contributed by atoms with Crippen molar-refractivity contribution in [3.63, 3.8) is 0 Å². The topological polar surface area (TPSA) is 74.3 Å². The summed E-state index contributed by atoms with van der Waals surface area (Å²) < 4.78 is 23.3. The van der Waals surface area contributed by atoms with Gasteiger partial charge in [-0.1, -0.05) is 11.6 Å². The van der Waals surface area contributed by atoms with Gasteiger partial charge in [-0.25, -0.2) is 0 Å². The number of amides is 1. The molecule has 2 aromatic rings. The SMILES string of the molecule is COc1ccc(C(=O)N2CCOC(COc3ccc(Cl)cc3C(C)=O)C2)cc1OC1CCCC1. The molecule has 1 unspecified atom stereocenters. The second-order valence-electron chi connectivity index (χ2n) is 8.64. The normalized spacial score (nSPS) is 18.6. The molecule has 7 nitrogen and oxygen atoms in total. The van der Waals surface area contributed by atoms with Gasteiger partial charge in [-0.3, -0.25) is 9.59 Å². The summed E-state index contributed by atoms with van der Waals surface area (Å²) in [5.74, 6) is 1.46. The van der Waals surface area contributed by atoms with Gasteiger partial charge in [-0.2, -0.15) is 0 Å². The number of hydrogen-bond acceptors (Lipinski definition) is 6. The Kier molecular flexibility index (Phi) is 7.95. The highest BCUT2D eigenvalue weighted by Crippen LogP contribution is 2.33. The van der Waals surface area contributed by atoms with Crippen LogP contribution in [0, 0.1) is 0 Å². The van der Waals surface area contributed by atoms with Crippen LogP contribution in [0.15, 0.2) is 36.4 Å². The van der Waals surface area contributed by atoms with Crippen molar-refractivity contribution in [1.82, 2.24) is 4.90 Å². The van der Waals surface area contributed by atoms with Gasteiger partial charge in [-0.15, -0.1) is 0 Å². The Morgan fingerprint density at radius 1 is 1.09 bits per heavy atom. The molecule has 2 aromatic carbocycles. The standard InChI is InChI=1S/C26H30ClNO6/c1-17(29)22-14-19(27)8-10-23(22)33-16-21-15-28(11-12-32-21)26(30)18-7-9-24(31-2)25(13-18)34-20-5-3-4-6-20/h7-10,13-14,20-21H,3-6,11-12,15-16H2,1-2H3. The Hall–Kier alpha value is -2.77. The van der Waals surface area contributed by atoms with Crippen molar-refractivity contribution in [1.29, 1.82) is 0 Å². The van der Waals surface area contributed by atoms with Crippen molar-refractivity contribution >= 4 is 23.3 Å². The van der Waals surface area contributed by atoms with E-state index in [9.17, 15) is 9.59 Å².